The molecular weight excluding hydrogens is 244 g/mol. The Morgan fingerprint density at radius 2 is 1.89 bits per heavy atom. The summed E-state index contributed by atoms with van der Waals surface area (Å²) in [5, 5.41) is 3.84. The van der Waals surface area contributed by atoms with Crippen LogP contribution in [0.1, 0.15) is 27.2 Å². The topological polar surface area (TPSA) is 32.3 Å². The molecule has 0 unspecified atom stereocenters. The molecule has 0 bridgehead atoms. The lowest BCUT2D eigenvalue weighted by atomic mass is 9.99. The Hall–Kier alpha value is -1.42. The fraction of sp³-hybridized carbons (Fsp3) is 0.429. The second-order valence-electron chi connectivity index (χ2n) is 5.09. The molecule has 98 valence electrons. The van der Waals surface area contributed by atoms with Gasteiger partial charge in [-0.05, 0) is 45.1 Å². The van der Waals surface area contributed by atoms with Crippen LogP contribution in [-0.2, 0) is 4.79 Å². The fourth-order valence-corrected chi connectivity index (χ4v) is 2.19. The van der Waals surface area contributed by atoms with E-state index in [-0.39, 0.29) is 11.3 Å². The molecule has 1 aromatic carbocycles. The number of thiocarbonyl (C=S) groups is 1. The molecule has 1 aromatic rings. The van der Waals surface area contributed by atoms with E-state index in [0.29, 0.717) is 11.5 Å². The summed E-state index contributed by atoms with van der Waals surface area (Å²) in [5.74, 6) is 0.151. The summed E-state index contributed by atoms with van der Waals surface area (Å²) >= 11 is 5.36. The van der Waals surface area contributed by atoms with Gasteiger partial charge in [-0.25, -0.2) is 0 Å². The maximum atomic E-state index is 11.2. The number of carbonyl (C=O) groups excluding carboxylic acids is 1. The fourth-order valence-electron chi connectivity index (χ4n) is 1.81. The van der Waals surface area contributed by atoms with Gasteiger partial charge in [-0.1, -0.05) is 18.2 Å². The first-order chi connectivity index (χ1) is 8.32. The van der Waals surface area contributed by atoms with Crippen molar-refractivity contribution in [2.24, 2.45) is 0 Å². The van der Waals surface area contributed by atoms with Gasteiger partial charge in [0.2, 0.25) is 0 Å². The van der Waals surface area contributed by atoms with E-state index < -0.39 is 0 Å². The molecule has 0 aliphatic rings. The van der Waals surface area contributed by atoms with Crippen molar-refractivity contribution in [3.05, 3.63) is 30.3 Å². The summed E-state index contributed by atoms with van der Waals surface area (Å²) in [6.45, 7) is 5.53. The molecule has 0 spiro atoms. The maximum absolute atomic E-state index is 11.2. The van der Waals surface area contributed by atoms with Gasteiger partial charge in [0.1, 0.15) is 5.78 Å². The van der Waals surface area contributed by atoms with Crippen LogP contribution in [0.2, 0.25) is 0 Å². The highest BCUT2D eigenvalue weighted by atomic mass is 32.1. The molecule has 0 aliphatic carbocycles. The van der Waals surface area contributed by atoms with Crippen LogP contribution in [0.15, 0.2) is 30.3 Å². The average Bonchev–Trinajstić information content (AvgIpc) is 2.26. The predicted molar refractivity (Wildman–Crippen MR) is 80.0 cm³/mol. The summed E-state index contributed by atoms with van der Waals surface area (Å²) in [7, 11) is 1.91. The van der Waals surface area contributed by atoms with Crippen LogP contribution in [0.5, 0.6) is 0 Å². The first-order valence-electron chi connectivity index (χ1n) is 5.92. The van der Waals surface area contributed by atoms with Crippen molar-refractivity contribution in [2.45, 2.75) is 32.7 Å². The zero-order valence-corrected chi connectivity index (χ0v) is 12.2. The molecule has 0 atom stereocenters. The zero-order chi connectivity index (χ0) is 13.8. The number of hydrogen-bond donors (Lipinski definition) is 1. The summed E-state index contributed by atoms with van der Waals surface area (Å²) in [6, 6.07) is 9.88. The molecule has 0 fully saturated rings. The van der Waals surface area contributed by atoms with Gasteiger partial charge in [0.15, 0.2) is 5.11 Å². The van der Waals surface area contributed by atoms with Crippen LogP contribution in [-0.4, -0.2) is 23.5 Å². The van der Waals surface area contributed by atoms with Gasteiger partial charge in [-0.3, -0.25) is 4.79 Å². The van der Waals surface area contributed by atoms with Crippen LogP contribution < -0.4 is 10.2 Å². The van der Waals surface area contributed by atoms with E-state index in [1.807, 2.05) is 56.1 Å². The molecule has 0 aliphatic heterocycles. The number of nitrogens with one attached hydrogen (secondary N) is 1. The summed E-state index contributed by atoms with van der Waals surface area (Å²) in [6.07, 6.45) is 0.454. The standard InChI is InChI=1S/C14H20N2OS/c1-11(17)10-14(2,3)15-13(18)16(4)12-8-6-5-7-9-12/h5-9H,10H2,1-4H3,(H,15,18). The van der Waals surface area contributed by atoms with Gasteiger partial charge in [0.25, 0.3) is 0 Å². The first kappa shape index (κ1) is 14.6. The Balaban J connectivity index is 2.68. The number of hydrogen-bond acceptors (Lipinski definition) is 2. The molecule has 4 heteroatoms. The quantitative estimate of drug-likeness (QED) is 0.848. The Kier molecular flexibility index (Phi) is 4.84. The SMILES string of the molecule is CC(=O)CC(C)(C)NC(=S)N(C)c1ccccc1. The van der Waals surface area contributed by atoms with Crippen LogP contribution in [0.4, 0.5) is 5.69 Å². The average molecular weight is 264 g/mol. The van der Waals surface area contributed by atoms with Crippen molar-refractivity contribution in [1.82, 2.24) is 5.32 Å². The Morgan fingerprint density at radius 3 is 2.39 bits per heavy atom. The number of rotatable bonds is 4. The van der Waals surface area contributed by atoms with Crippen LogP contribution >= 0.6 is 12.2 Å². The second kappa shape index (κ2) is 5.96. The molecule has 18 heavy (non-hydrogen) atoms. The minimum atomic E-state index is -0.327. The van der Waals surface area contributed by atoms with Crippen molar-refractivity contribution in [3.8, 4) is 0 Å². The van der Waals surface area contributed by atoms with Crippen molar-refractivity contribution in [3.63, 3.8) is 0 Å². The molecule has 0 radical (unpaired) electrons. The number of nitrogens with zero attached hydrogens (tertiary/aromatic N) is 1. The van der Waals surface area contributed by atoms with Gasteiger partial charge >= 0.3 is 0 Å². The van der Waals surface area contributed by atoms with Crippen LogP contribution in [0.25, 0.3) is 0 Å². The number of para-hydroxylation sites is 1. The molecular formula is C14H20N2OS. The van der Waals surface area contributed by atoms with Gasteiger partial charge in [-0.2, -0.15) is 0 Å². The van der Waals surface area contributed by atoms with E-state index in [9.17, 15) is 4.79 Å². The minimum Gasteiger partial charge on any atom is -0.357 e. The first-order valence-corrected chi connectivity index (χ1v) is 6.33. The van der Waals surface area contributed by atoms with Crippen molar-refractivity contribution >= 4 is 28.8 Å². The van der Waals surface area contributed by atoms with Gasteiger partial charge in [0, 0.05) is 24.7 Å². The predicted octanol–water partition coefficient (Wildman–Crippen LogP) is 2.76. The van der Waals surface area contributed by atoms with E-state index in [4.69, 9.17) is 12.2 Å². The summed E-state index contributed by atoms with van der Waals surface area (Å²) < 4.78 is 0. The lowest BCUT2D eigenvalue weighted by molar-refractivity contribution is -0.118. The Bertz CT molecular complexity index is 429. The monoisotopic (exact) mass is 264 g/mol. The van der Waals surface area contributed by atoms with Crippen LogP contribution in [0.3, 0.4) is 0 Å². The number of ketones is 1. The third kappa shape index (κ3) is 4.45. The third-order valence-electron chi connectivity index (χ3n) is 2.58. The van der Waals surface area contributed by atoms with E-state index in [1.54, 1.807) is 6.92 Å². The number of anilines is 1. The molecule has 0 saturated heterocycles. The van der Waals surface area contributed by atoms with E-state index in [0.717, 1.165) is 5.69 Å². The molecule has 0 saturated carbocycles. The highest BCUT2D eigenvalue weighted by Crippen LogP contribution is 2.14. The Labute approximate surface area is 114 Å². The van der Waals surface area contributed by atoms with E-state index in [2.05, 4.69) is 5.32 Å². The smallest absolute Gasteiger partial charge is 0.173 e. The number of Topliss-reactive ketones (excluding diaryl/α,β-unsaturated/α-hetero) is 1. The normalized spacial score (nSPS) is 10.9. The highest BCUT2D eigenvalue weighted by molar-refractivity contribution is 7.80. The molecule has 0 amide bonds. The third-order valence-corrected chi connectivity index (χ3v) is 2.96. The largest absolute Gasteiger partial charge is 0.357 e. The van der Waals surface area contributed by atoms with Crippen molar-refractivity contribution in [1.29, 1.82) is 0 Å². The van der Waals surface area contributed by atoms with Crippen molar-refractivity contribution < 1.29 is 4.79 Å². The van der Waals surface area contributed by atoms with Crippen molar-refractivity contribution in [2.75, 3.05) is 11.9 Å². The molecule has 0 heterocycles. The summed E-state index contributed by atoms with van der Waals surface area (Å²) in [4.78, 5) is 13.1. The van der Waals surface area contributed by atoms with E-state index in [1.165, 1.54) is 0 Å². The maximum Gasteiger partial charge on any atom is 0.173 e. The highest BCUT2D eigenvalue weighted by Gasteiger charge is 2.22. The lowest BCUT2D eigenvalue weighted by Gasteiger charge is -2.31. The molecule has 0 aromatic heterocycles. The van der Waals surface area contributed by atoms with E-state index >= 15 is 0 Å². The van der Waals surface area contributed by atoms with Gasteiger partial charge in [0.05, 0.1) is 0 Å². The lowest BCUT2D eigenvalue weighted by Crippen LogP contribution is -2.49. The number of carbonyl (C=O) groups is 1. The zero-order valence-electron chi connectivity index (χ0n) is 11.4. The van der Waals surface area contributed by atoms with Gasteiger partial charge in [-0.15, -0.1) is 0 Å². The minimum absolute atomic E-state index is 0.151. The number of benzene rings is 1. The van der Waals surface area contributed by atoms with Gasteiger partial charge < -0.3 is 10.2 Å². The Morgan fingerprint density at radius 1 is 1.33 bits per heavy atom. The second-order valence-corrected chi connectivity index (χ2v) is 5.47. The molecule has 3 nitrogen and oxygen atoms in total. The molecule has 1 rings (SSSR count). The summed E-state index contributed by atoms with van der Waals surface area (Å²) in [5.41, 5.74) is 0.694. The van der Waals surface area contributed by atoms with Crippen LogP contribution in [0, 0.1) is 0 Å². The molecule has 1 N–H and O–H groups in total.